The maximum Gasteiger partial charge on any atom is 0.288 e. The molecule has 3 rings (SSSR count). The molecule has 0 spiro atoms. The molecular formula is C17H15F2N3OS2. The van der Waals surface area contributed by atoms with Gasteiger partial charge in [0.25, 0.3) is 5.76 Å². The zero-order valence-electron chi connectivity index (χ0n) is 13.3. The van der Waals surface area contributed by atoms with Crippen LogP contribution in [0.4, 0.5) is 14.5 Å². The van der Waals surface area contributed by atoms with E-state index in [1.165, 1.54) is 11.8 Å². The van der Waals surface area contributed by atoms with Crippen molar-refractivity contribution in [2.75, 3.05) is 11.1 Å². The summed E-state index contributed by atoms with van der Waals surface area (Å²) in [6, 6.07) is 14.3. The zero-order valence-corrected chi connectivity index (χ0v) is 14.9. The molecule has 1 N–H and O–H groups in total. The largest absolute Gasteiger partial charge is 0.324 e. The Labute approximate surface area is 152 Å². The highest BCUT2D eigenvalue weighted by atomic mass is 32.2. The molecule has 2 aromatic carbocycles. The second-order valence-electron chi connectivity index (χ2n) is 5.15. The average Bonchev–Trinajstić information content (AvgIpc) is 2.91. The molecule has 8 heteroatoms. The van der Waals surface area contributed by atoms with Gasteiger partial charge in [0.15, 0.2) is 5.16 Å². The van der Waals surface area contributed by atoms with Crippen LogP contribution in [-0.4, -0.2) is 27.0 Å². The molecule has 0 fully saturated rings. The number of para-hydroxylation sites is 3. The lowest BCUT2D eigenvalue weighted by Crippen LogP contribution is -2.15. The van der Waals surface area contributed by atoms with E-state index in [1.807, 2.05) is 35.9 Å². The number of hydrogen-bond acceptors (Lipinski definition) is 4. The topological polar surface area (TPSA) is 46.9 Å². The van der Waals surface area contributed by atoms with Gasteiger partial charge in [-0.05, 0) is 24.3 Å². The number of nitrogens with one attached hydrogen (secondary N) is 1. The number of thioether (sulfide) groups is 2. The van der Waals surface area contributed by atoms with E-state index in [2.05, 4.69) is 10.3 Å². The Morgan fingerprint density at radius 3 is 2.68 bits per heavy atom. The monoisotopic (exact) mass is 379 g/mol. The number of carbonyl (C=O) groups excluding carboxylic acids is 1. The zero-order chi connectivity index (χ0) is 17.8. The number of fused-ring (bicyclic) bond motifs is 1. The fraction of sp³-hybridized carbons (Fsp3) is 0.176. The van der Waals surface area contributed by atoms with Gasteiger partial charge in [0, 0.05) is 11.9 Å². The fourth-order valence-electron chi connectivity index (χ4n) is 2.34. The van der Waals surface area contributed by atoms with Crippen LogP contribution in [0.2, 0.25) is 0 Å². The van der Waals surface area contributed by atoms with E-state index in [0.29, 0.717) is 22.3 Å². The molecule has 0 aliphatic heterocycles. The average molecular weight is 379 g/mol. The minimum absolute atomic E-state index is 0.144. The molecule has 130 valence electrons. The van der Waals surface area contributed by atoms with Gasteiger partial charge in [0.05, 0.1) is 22.5 Å². The highest BCUT2D eigenvalue weighted by molar-refractivity contribution is 8.00. The number of anilines is 1. The summed E-state index contributed by atoms with van der Waals surface area (Å²) in [5, 5.41) is 3.42. The first-order valence-corrected chi connectivity index (χ1v) is 9.29. The van der Waals surface area contributed by atoms with Crippen LogP contribution in [-0.2, 0) is 11.8 Å². The number of carbonyl (C=O) groups is 1. The minimum Gasteiger partial charge on any atom is -0.324 e. The third kappa shape index (κ3) is 4.32. The molecular weight excluding hydrogens is 364 g/mol. The van der Waals surface area contributed by atoms with Crippen LogP contribution < -0.4 is 5.32 Å². The summed E-state index contributed by atoms with van der Waals surface area (Å²) >= 11 is 1.72. The first kappa shape index (κ1) is 17.8. The Morgan fingerprint density at radius 1 is 1.20 bits per heavy atom. The lowest BCUT2D eigenvalue weighted by molar-refractivity contribution is -0.113. The van der Waals surface area contributed by atoms with Crippen LogP contribution >= 0.6 is 23.5 Å². The lowest BCUT2D eigenvalue weighted by atomic mass is 10.3. The Balaban J connectivity index is 1.66. The van der Waals surface area contributed by atoms with Crippen molar-refractivity contribution in [3.8, 4) is 0 Å². The van der Waals surface area contributed by atoms with Crippen molar-refractivity contribution in [1.82, 2.24) is 9.55 Å². The molecule has 1 amide bonds. The number of nitrogens with zero attached hydrogens (tertiary/aromatic N) is 2. The maximum absolute atomic E-state index is 12.6. The number of imidazole rings is 1. The van der Waals surface area contributed by atoms with Crippen molar-refractivity contribution in [3.05, 3.63) is 48.5 Å². The molecule has 0 aliphatic carbocycles. The molecule has 0 radical (unpaired) electrons. The van der Waals surface area contributed by atoms with Crippen molar-refractivity contribution >= 4 is 46.2 Å². The van der Waals surface area contributed by atoms with E-state index in [-0.39, 0.29) is 11.7 Å². The van der Waals surface area contributed by atoms with E-state index < -0.39 is 5.76 Å². The Hall–Kier alpha value is -2.06. The predicted molar refractivity (Wildman–Crippen MR) is 98.4 cm³/mol. The van der Waals surface area contributed by atoms with Crippen molar-refractivity contribution in [2.24, 2.45) is 7.05 Å². The van der Waals surface area contributed by atoms with E-state index in [0.717, 1.165) is 16.2 Å². The van der Waals surface area contributed by atoms with E-state index >= 15 is 0 Å². The number of halogens is 2. The van der Waals surface area contributed by atoms with E-state index in [9.17, 15) is 13.6 Å². The highest BCUT2D eigenvalue weighted by Crippen LogP contribution is 2.32. The van der Waals surface area contributed by atoms with Crippen molar-refractivity contribution in [1.29, 1.82) is 0 Å². The Morgan fingerprint density at radius 2 is 1.92 bits per heavy atom. The number of benzene rings is 2. The third-order valence-corrected chi connectivity index (χ3v) is 5.27. The van der Waals surface area contributed by atoms with Gasteiger partial charge in [0.1, 0.15) is 0 Å². The second kappa shape index (κ2) is 7.88. The van der Waals surface area contributed by atoms with Gasteiger partial charge in [-0.15, -0.1) is 0 Å². The normalized spacial score (nSPS) is 11.2. The molecule has 0 unspecified atom stereocenters. The maximum atomic E-state index is 12.6. The summed E-state index contributed by atoms with van der Waals surface area (Å²) in [4.78, 5) is 17.0. The Bertz CT molecular complexity index is 898. The molecule has 0 bridgehead atoms. The molecule has 4 nitrogen and oxygen atoms in total. The highest BCUT2D eigenvalue weighted by Gasteiger charge is 2.13. The van der Waals surface area contributed by atoms with Gasteiger partial charge in [-0.3, -0.25) is 4.79 Å². The van der Waals surface area contributed by atoms with Crippen LogP contribution in [0.1, 0.15) is 0 Å². The van der Waals surface area contributed by atoms with E-state index in [1.54, 1.807) is 24.3 Å². The minimum atomic E-state index is -2.53. The number of aryl methyl sites for hydroxylation is 1. The van der Waals surface area contributed by atoms with Gasteiger partial charge in [-0.1, -0.05) is 47.8 Å². The van der Waals surface area contributed by atoms with Gasteiger partial charge < -0.3 is 9.88 Å². The van der Waals surface area contributed by atoms with Crippen LogP contribution in [0.5, 0.6) is 0 Å². The fourth-order valence-corrected chi connectivity index (χ4v) is 3.72. The second-order valence-corrected chi connectivity index (χ2v) is 7.13. The molecule has 0 saturated carbocycles. The van der Waals surface area contributed by atoms with Gasteiger partial charge in [-0.2, -0.15) is 8.78 Å². The molecule has 0 aliphatic rings. The number of hydrogen-bond donors (Lipinski definition) is 1. The molecule has 0 atom stereocenters. The van der Waals surface area contributed by atoms with Crippen LogP contribution in [0.15, 0.2) is 58.6 Å². The van der Waals surface area contributed by atoms with Crippen LogP contribution in [0.25, 0.3) is 11.0 Å². The molecule has 1 heterocycles. The van der Waals surface area contributed by atoms with Crippen LogP contribution in [0.3, 0.4) is 0 Å². The summed E-state index contributed by atoms with van der Waals surface area (Å²) in [6.45, 7) is 0. The number of aromatic nitrogens is 2. The van der Waals surface area contributed by atoms with Gasteiger partial charge in [0.2, 0.25) is 5.91 Å². The predicted octanol–water partition coefficient (Wildman–Crippen LogP) is 4.62. The lowest BCUT2D eigenvalue weighted by Gasteiger charge is -2.10. The van der Waals surface area contributed by atoms with Crippen LogP contribution in [0, 0.1) is 0 Å². The Kier molecular flexibility index (Phi) is 5.60. The molecule has 0 saturated heterocycles. The van der Waals surface area contributed by atoms with Gasteiger partial charge in [-0.25, -0.2) is 4.98 Å². The van der Waals surface area contributed by atoms with Crippen molar-refractivity contribution < 1.29 is 13.6 Å². The summed E-state index contributed by atoms with van der Waals surface area (Å²) in [7, 11) is 1.89. The SMILES string of the molecule is Cn1c(SCC(=O)Nc2ccccc2SC(F)F)nc2ccccc21. The molecule has 25 heavy (non-hydrogen) atoms. The number of rotatable bonds is 6. The number of amides is 1. The summed E-state index contributed by atoms with van der Waals surface area (Å²) in [5.41, 5.74) is 2.25. The summed E-state index contributed by atoms with van der Waals surface area (Å²) in [6.07, 6.45) is 0. The molecule has 3 aromatic rings. The standard InChI is InChI=1S/C17H15F2N3OS2/c1-22-13-8-4-2-6-11(13)21-17(22)24-10-15(23)20-12-7-3-5-9-14(12)25-16(18)19/h2-9,16H,10H2,1H3,(H,20,23). The van der Waals surface area contributed by atoms with Crippen molar-refractivity contribution in [3.63, 3.8) is 0 Å². The van der Waals surface area contributed by atoms with Crippen molar-refractivity contribution in [2.45, 2.75) is 15.8 Å². The number of alkyl halides is 2. The first-order valence-electron chi connectivity index (χ1n) is 7.42. The summed E-state index contributed by atoms with van der Waals surface area (Å²) < 4.78 is 27.1. The smallest absolute Gasteiger partial charge is 0.288 e. The molecule has 1 aromatic heterocycles. The van der Waals surface area contributed by atoms with Gasteiger partial charge >= 0.3 is 0 Å². The van der Waals surface area contributed by atoms with E-state index in [4.69, 9.17) is 0 Å². The quantitative estimate of drug-likeness (QED) is 0.635. The first-order chi connectivity index (χ1) is 12.0. The third-order valence-electron chi connectivity index (χ3n) is 3.46. The summed E-state index contributed by atoms with van der Waals surface area (Å²) in [5.74, 6) is -2.66.